The molecule has 0 aromatic heterocycles. The first-order valence-corrected chi connectivity index (χ1v) is 4.92. The fourth-order valence-electron chi connectivity index (χ4n) is 1.57. The van der Waals surface area contributed by atoms with Gasteiger partial charge in [-0.2, -0.15) is 0 Å². The summed E-state index contributed by atoms with van der Waals surface area (Å²) in [5.74, 6) is 0.894. The van der Waals surface area contributed by atoms with Crippen molar-refractivity contribution in [3.63, 3.8) is 0 Å². The Morgan fingerprint density at radius 3 is 3.00 bits per heavy atom. The first-order valence-electron chi connectivity index (χ1n) is 4.92. The number of rotatable bonds is 3. The third kappa shape index (κ3) is 1.89. The first-order chi connectivity index (χ1) is 6.92. The summed E-state index contributed by atoms with van der Waals surface area (Å²) < 4.78 is 5.51. The number of benzene rings is 1. The van der Waals surface area contributed by atoms with Crippen LogP contribution in [-0.2, 0) is 9.78 Å². The molecule has 1 unspecified atom stereocenters. The minimum atomic E-state index is 0.0257. The van der Waals surface area contributed by atoms with Crippen LogP contribution < -0.4 is 4.74 Å². The van der Waals surface area contributed by atoms with Crippen LogP contribution in [0, 0.1) is 0 Å². The van der Waals surface area contributed by atoms with Crippen LogP contribution in [0.15, 0.2) is 24.3 Å². The van der Waals surface area contributed by atoms with Crippen LogP contribution in [0.2, 0.25) is 0 Å². The molecular weight excluding hydrogens is 180 g/mol. The van der Waals surface area contributed by atoms with Crippen molar-refractivity contribution >= 4 is 0 Å². The van der Waals surface area contributed by atoms with E-state index in [0.29, 0.717) is 13.2 Å². The maximum absolute atomic E-state index is 5.51. The molecule has 1 fully saturated rings. The van der Waals surface area contributed by atoms with E-state index in [1.54, 1.807) is 0 Å². The van der Waals surface area contributed by atoms with Crippen molar-refractivity contribution in [2.45, 2.75) is 19.4 Å². The topological polar surface area (TPSA) is 27.7 Å². The Morgan fingerprint density at radius 1 is 1.43 bits per heavy atom. The second kappa shape index (κ2) is 4.44. The molecule has 3 nitrogen and oxygen atoms in total. The van der Waals surface area contributed by atoms with Gasteiger partial charge in [0, 0.05) is 12.0 Å². The molecule has 0 spiro atoms. The highest BCUT2D eigenvalue weighted by Crippen LogP contribution is 2.33. The summed E-state index contributed by atoms with van der Waals surface area (Å²) in [4.78, 5) is 10.0. The van der Waals surface area contributed by atoms with E-state index in [4.69, 9.17) is 14.5 Å². The molecule has 1 saturated heterocycles. The van der Waals surface area contributed by atoms with Crippen molar-refractivity contribution in [2.24, 2.45) is 0 Å². The molecule has 1 heterocycles. The van der Waals surface area contributed by atoms with Gasteiger partial charge in [0.1, 0.15) is 11.9 Å². The summed E-state index contributed by atoms with van der Waals surface area (Å²) >= 11 is 0. The van der Waals surface area contributed by atoms with Crippen molar-refractivity contribution in [3.05, 3.63) is 29.8 Å². The Labute approximate surface area is 83.5 Å². The van der Waals surface area contributed by atoms with Crippen LogP contribution in [0.5, 0.6) is 5.75 Å². The van der Waals surface area contributed by atoms with Crippen molar-refractivity contribution in [1.29, 1.82) is 0 Å². The first kappa shape index (κ1) is 9.49. The lowest BCUT2D eigenvalue weighted by atomic mass is 10.1. The molecule has 3 heteroatoms. The molecule has 0 saturated carbocycles. The van der Waals surface area contributed by atoms with Crippen molar-refractivity contribution in [2.75, 3.05) is 13.2 Å². The summed E-state index contributed by atoms with van der Waals surface area (Å²) in [6.45, 7) is 3.30. The van der Waals surface area contributed by atoms with Gasteiger partial charge in [0.2, 0.25) is 0 Å². The zero-order valence-electron chi connectivity index (χ0n) is 8.23. The molecule has 0 amide bonds. The van der Waals surface area contributed by atoms with Crippen LogP contribution in [0.3, 0.4) is 0 Å². The van der Waals surface area contributed by atoms with E-state index in [0.717, 1.165) is 17.7 Å². The van der Waals surface area contributed by atoms with Crippen LogP contribution >= 0.6 is 0 Å². The van der Waals surface area contributed by atoms with Gasteiger partial charge >= 0.3 is 0 Å². The fraction of sp³-hybridized carbons (Fsp3) is 0.455. The van der Waals surface area contributed by atoms with Crippen molar-refractivity contribution in [3.8, 4) is 5.75 Å². The SMILES string of the molecule is CCOc1ccccc1C1CCOO1. The van der Waals surface area contributed by atoms with E-state index >= 15 is 0 Å². The second-order valence-corrected chi connectivity index (χ2v) is 3.17. The highest BCUT2D eigenvalue weighted by Gasteiger charge is 2.22. The Hall–Kier alpha value is -1.06. The fourth-order valence-corrected chi connectivity index (χ4v) is 1.57. The standard InChI is InChI=1S/C11H14O3/c1-2-12-10-6-4-3-5-9(10)11-7-8-13-14-11/h3-6,11H,2,7-8H2,1H3. The molecule has 1 aliphatic rings. The molecule has 1 aliphatic heterocycles. The highest BCUT2D eigenvalue weighted by molar-refractivity contribution is 5.35. The predicted molar refractivity (Wildman–Crippen MR) is 52.0 cm³/mol. The third-order valence-electron chi connectivity index (χ3n) is 2.21. The lowest BCUT2D eigenvalue weighted by molar-refractivity contribution is -0.276. The summed E-state index contributed by atoms with van der Waals surface area (Å²) in [6.07, 6.45) is 0.919. The van der Waals surface area contributed by atoms with E-state index < -0.39 is 0 Å². The zero-order chi connectivity index (χ0) is 9.80. The molecule has 76 valence electrons. The largest absolute Gasteiger partial charge is 0.493 e. The molecular formula is C11H14O3. The minimum absolute atomic E-state index is 0.0257. The minimum Gasteiger partial charge on any atom is -0.493 e. The van der Waals surface area contributed by atoms with Gasteiger partial charge in [-0.25, -0.2) is 9.78 Å². The van der Waals surface area contributed by atoms with E-state index in [2.05, 4.69) is 0 Å². The third-order valence-corrected chi connectivity index (χ3v) is 2.21. The number of hydrogen-bond acceptors (Lipinski definition) is 3. The molecule has 0 bridgehead atoms. The quantitative estimate of drug-likeness (QED) is 0.692. The van der Waals surface area contributed by atoms with Crippen molar-refractivity contribution in [1.82, 2.24) is 0 Å². The smallest absolute Gasteiger partial charge is 0.125 e. The monoisotopic (exact) mass is 194 g/mol. The molecule has 0 N–H and O–H groups in total. The Morgan fingerprint density at radius 2 is 2.29 bits per heavy atom. The van der Waals surface area contributed by atoms with Gasteiger partial charge in [-0.05, 0) is 13.0 Å². The molecule has 1 aromatic carbocycles. The van der Waals surface area contributed by atoms with Crippen LogP contribution in [0.1, 0.15) is 25.0 Å². The maximum Gasteiger partial charge on any atom is 0.125 e. The average molecular weight is 194 g/mol. The Kier molecular flexibility index (Phi) is 3.01. The van der Waals surface area contributed by atoms with Gasteiger partial charge in [-0.3, -0.25) is 0 Å². The average Bonchev–Trinajstić information content (AvgIpc) is 2.72. The number of ether oxygens (including phenoxy) is 1. The molecule has 1 aromatic rings. The van der Waals surface area contributed by atoms with Crippen LogP contribution in [0.25, 0.3) is 0 Å². The Balaban J connectivity index is 2.21. The van der Waals surface area contributed by atoms with Gasteiger partial charge in [0.15, 0.2) is 0 Å². The summed E-state index contributed by atoms with van der Waals surface area (Å²) in [5.41, 5.74) is 1.08. The van der Waals surface area contributed by atoms with E-state index in [-0.39, 0.29) is 6.10 Å². The van der Waals surface area contributed by atoms with E-state index in [9.17, 15) is 0 Å². The van der Waals surface area contributed by atoms with E-state index in [1.807, 2.05) is 31.2 Å². The van der Waals surface area contributed by atoms with Crippen LogP contribution in [-0.4, -0.2) is 13.2 Å². The number of hydrogen-bond donors (Lipinski definition) is 0. The lowest BCUT2D eigenvalue weighted by Crippen LogP contribution is -2.01. The summed E-state index contributed by atoms with van der Waals surface area (Å²) in [6, 6.07) is 7.93. The maximum atomic E-state index is 5.51. The van der Waals surface area contributed by atoms with Gasteiger partial charge in [-0.1, -0.05) is 18.2 Å². The van der Waals surface area contributed by atoms with Gasteiger partial charge in [-0.15, -0.1) is 0 Å². The van der Waals surface area contributed by atoms with Gasteiger partial charge < -0.3 is 4.74 Å². The Bertz CT molecular complexity index is 292. The molecule has 1 atom stereocenters. The zero-order valence-corrected chi connectivity index (χ0v) is 8.23. The second-order valence-electron chi connectivity index (χ2n) is 3.17. The lowest BCUT2D eigenvalue weighted by Gasteiger charge is -2.12. The van der Waals surface area contributed by atoms with E-state index in [1.165, 1.54) is 0 Å². The van der Waals surface area contributed by atoms with Crippen molar-refractivity contribution < 1.29 is 14.5 Å². The molecule has 0 aliphatic carbocycles. The molecule has 0 radical (unpaired) electrons. The molecule has 2 rings (SSSR count). The highest BCUT2D eigenvalue weighted by atomic mass is 17.2. The summed E-state index contributed by atoms with van der Waals surface area (Å²) in [7, 11) is 0. The van der Waals surface area contributed by atoms with Gasteiger partial charge in [0.05, 0.1) is 13.2 Å². The van der Waals surface area contributed by atoms with Gasteiger partial charge in [0.25, 0.3) is 0 Å². The number of para-hydroxylation sites is 1. The predicted octanol–water partition coefficient (Wildman–Crippen LogP) is 2.48. The summed E-state index contributed by atoms with van der Waals surface area (Å²) in [5, 5.41) is 0. The molecule has 14 heavy (non-hydrogen) atoms. The normalized spacial score (nSPS) is 21.1. The van der Waals surface area contributed by atoms with Crippen LogP contribution in [0.4, 0.5) is 0 Å².